The molecule has 0 unspecified atom stereocenters. The summed E-state index contributed by atoms with van der Waals surface area (Å²) >= 11 is 2.86. The van der Waals surface area contributed by atoms with Gasteiger partial charge in [0.25, 0.3) is 0 Å². The van der Waals surface area contributed by atoms with E-state index in [-0.39, 0.29) is 5.56 Å². The number of nitrogens with zero attached hydrogens (tertiary/aromatic N) is 7. The van der Waals surface area contributed by atoms with Gasteiger partial charge in [-0.3, -0.25) is 4.79 Å². The van der Waals surface area contributed by atoms with Crippen LogP contribution >= 0.6 is 23.5 Å². The lowest BCUT2D eigenvalue weighted by Gasteiger charge is -2.10. The Bertz CT molecular complexity index is 1860. The topological polar surface area (TPSA) is 128 Å². The predicted octanol–water partition coefficient (Wildman–Crippen LogP) is 7.52. The number of ketones is 1. The number of nitrogen functional groups attached to an aromatic ring is 1. The van der Waals surface area contributed by atoms with Gasteiger partial charge in [0.05, 0.1) is 23.0 Å². The second-order valence-electron chi connectivity index (χ2n) is 9.90. The molecule has 50 heavy (non-hydrogen) atoms. The number of aromatic nitrogens is 6. The Balaban J connectivity index is 0.000000220. The molecule has 0 amide bonds. The minimum atomic E-state index is -4.43. The number of alkyl halides is 6. The summed E-state index contributed by atoms with van der Waals surface area (Å²) < 4.78 is 77.4. The molecule has 0 atom stereocenters. The van der Waals surface area contributed by atoms with Gasteiger partial charge in [0.1, 0.15) is 5.82 Å². The van der Waals surface area contributed by atoms with Crippen LogP contribution in [0.2, 0.25) is 0 Å². The third-order valence-corrected chi connectivity index (χ3v) is 7.23. The molecule has 18 heteroatoms. The quantitative estimate of drug-likeness (QED) is 0.0313. The fraction of sp³-hybridized carbons (Fsp3) is 0.188. The molecule has 3 aromatic heterocycles. The van der Waals surface area contributed by atoms with Gasteiger partial charge in [0.15, 0.2) is 21.9 Å². The van der Waals surface area contributed by atoms with Crippen LogP contribution in [0.4, 0.5) is 32.2 Å². The molecule has 5 rings (SSSR count). The number of rotatable bonds is 8. The molecule has 0 fully saturated rings. The number of halogens is 6. The van der Waals surface area contributed by atoms with Crippen molar-refractivity contribution in [1.82, 2.24) is 34.6 Å². The first-order valence-corrected chi connectivity index (χ1v) is 16.6. The Morgan fingerprint density at radius 1 is 0.820 bits per heavy atom. The zero-order chi connectivity index (χ0) is 36.9. The van der Waals surface area contributed by atoms with E-state index in [1.807, 2.05) is 12.5 Å². The molecule has 3 heterocycles. The highest BCUT2D eigenvalue weighted by Crippen LogP contribution is 2.33. The minimum Gasteiger partial charge on any atom is -0.383 e. The summed E-state index contributed by atoms with van der Waals surface area (Å²) in [5.74, 6) is 5.81. The second kappa shape index (κ2) is 18.2. The van der Waals surface area contributed by atoms with E-state index in [1.54, 1.807) is 55.7 Å². The monoisotopic (exact) mass is 735 g/mol. The van der Waals surface area contributed by atoms with Crippen LogP contribution in [0.3, 0.4) is 0 Å². The largest absolute Gasteiger partial charge is 0.416 e. The lowest BCUT2D eigenvalue weighted by atomic mass is 10.1. The van der Waals surface area contributed by atoms with Crippen molar-refractivity contribution in [3.05, 3.63) is 114 Å². The van der Waals surface area contributed by atoms with Crippen LogP contribution in [0.5, 0.6) is 0 Å². The highest BCUT2D eigenvalue weighted by atomic mass is 32.2. The summed E-state index contributed by atoms with van der Waals surface area (Å²) in [6.45, 7) is 0. The van der Waals surface area contributed by atoms with E-state index in [0.717, 1.165) is 29.4 Å². The van der Waals surface area contributed by atoms with E-state index < -0.39 is 29.3 Å². The first-order chi connectivity index (χ1) is 23.7. The Kier molecular flexibility index (Phi) is 14.4. The SMILES string of the molecule is CN(C)/C=C/C(=O)c1cccc(C(F)(F)F)c1.CSc1nccc(-n2nccc2-c2cccc(C(F)(F)F)c2)n1.CSc1nccc(NN)n1. The predicted molar refractivity (Wildman–Crippen MR) is 182 cm³/mol. The van der Waals surface area contributed by atoms with Crippen LogP contribution in [0.15, 0.2) is 108 Å². The third-order valence-electron chi connectivity index (χ3n) is 6.11. The standard InChI is InChI=1S/C15H11F3N4S.C12H12F3NO.C5H8N4S/c1-23-14-19-7-6-13(21-14)22-12(5-8-20-22)10-3-2-4-11(9-10)15(16,17)18;1-16(2)7-6-11(17)9-4-3-5-10(8-9)12(13,14)15;1-10-5-7-3-2-4(8-5)9-6/h2-9H,1H3;3-8H,1-2H3;2-3H,6H2,1H3,(H,7,8,9)/b;7-6+;. The molecule has 0 spiro atoms. The molecule has 0 radical (unpaired) electrons. The zero-order valence-electron chi connectivity index (χ0n) is 26.9. The van der Waals surface area contributed by atoms with Crippen LogP contribution < -0.4 is 11.3 Å². The number of anilines is 1. The molecule has 2 aromatic carbocycles. The normalized spacial score (nSPS) is 11.3. The van der Waals surface area contributed by atoms with Gasteiger partial charge in [-0.2, -0.15) is 31.4 Å². The maximum atomic E-state index is 12.9. The van der Waals surface area contributed by atoms with Crippen LogP contribution in [-0.2, 0) is 12.4 Å². The fourth-order valence-corrected chi connectivity index (χ4v) is 4.50. The first-order valence-electron chi connectivity index (χ1n) is 14.1. The van der Waals surface area contributed by atoms with Crippen molar-refractivity contribution in [1.29, 1.82) is 0 Å². The summed E-state index contributed by atoms with van der Waals surface area (Å²) in [6.07, 6.45) is 2.43. The molecule has 0 saturated heterocycles. The number of allylic oxidation sites excluding steroid dienone is 1. The Morgan fingerprint density at radius 2 is 1.42 bits per heavy atom. The number of hydrogen-bond acceptors (Lipinski definition) is 11. The average molecular weight is 736 g/mol. The average Bonchev–Trinajstić information content (AvgIpc) is 3.61. The third kappa shape index (κ3) is 11.9. The number of carbonyl (C=O) groups is 1. The van der Waals surface area contributed by atoms with Gasteiger partial charge >= 0.3 is 12.4 Å². The highest BCUT2D eigenvalue weighted by Gasteiger charge is 2.31. The number of thioether (sulfide) groups is 2. The summed E-state index contributed by atoms with van der Waals surface area (Å²) in [6, 6.07) is 14.5. The van der Waals surface area contributed by atoms with Gasteiger partial charge in [0.2, 0.25) is 0 Å². The molecule has 10 nitrogen and oxygen atoms in total. The van der Waals surface area contributed by atoms with Crippen LogP contribution in [0, 0.1) is 0 Å². The van der Waals surface area contributed by atoms with Crippen LogP contribution in [-0.4, -0.2) is 67.0 Å². The van der Waals surface area contributed by atoms with Gasteiger partial charge in [0, 0.05) is 62.0 Å². The summed E-state index contributed by atoms with van der Waals surface area (Å²) in [4.78, 5) is 29.6. The molecular formula is C32H31F6N9OS2. The zero-order valence-corrected chi connectivity index (χ0v) is 28.6. The maximum absolute atomic E-state index is 12.9. The van der Waals surface area contributed by atoms with Gasteiger partial charge in [-0.25, -0.2) is 30.5 Å². The van der Waals surface area contributed by atoms with Crippen molar-refractivity contribution >= 4 is 35.1 Å². The van der Waals surface area contributed by atoms with Crippen molar-refractivity contribution < 1.29 is 31.1 Å². The number of nitrogens with one attached hydrogen (secondary N) is 1. The smallest absolute Gasteiger partial charge is 0.383 e. The van der Waals surface area contributed by atoms with Gasteiger partial charge in [-0.15, -0.1) is 0 Å². The summed E-state index contributed by atoms with van der Waals surface area (Å²) in [5.41, 5.74) is 1.89. The highest BCUT2D eigenvalue weighted by molar-refractivity contribution is 7.98. The minimum absolute atomic E-state index is 0.0259. The van der Waals surface area contributed by atoms with Crippen molar-refractivity contribution in [2.24, 2.45) is 5.84 Å². The number of benzene rings is 2. The number of carbonyl (C=O) groups excluding carboxylic acids is 1. The summed E-state index contributed by atoms with van der Waals surface area (Å²) in [7, 11) is 3.44. The van der Waals surface area contributed by atoms with Crippen LogP contribution in [0.1, 0.15) is 21.5 Å². The second-order valence-corrected chi connectivity index (χ2v) is 11.5. The van der Waals surface area contributed by atoms with Crippen molar-refractivity contribution in [2.45, 2.75) is 22.7 Å². The lowest BCUT2D eigenvalue weighted by molar-refractivity contribution is -0.138. The van der Waals surface area contributed by atoms with Gasteiger partial charge in [-0.1, -0.05) is 47.8 Å². The Labute approximate surface area is 292 Å². The molecule has 3 N–H and O–H groups in total. The van der Waals surface area contributed by atoms with E-state index in [0.29, 0.717) is 28.0 Å². The molecule has 0 saturated carbocycles. The lowest BCUT2D eigenvalue weighted by Crippen LogP contribution is -2.08. The number of hydrogen-bond donors (Lipinski definition) is 2. The van der Waals surface area contributed by atoms with Crippen molar-refractivity contribution in [3.63, 3.8) is 0 Å². The van der Waals surface area contributed by atoms with E-state index in [2.05, 4.69) is 30.5 Å². The van der Waals surface area contributed by atoms with E-state index in [9.17, 15) is 31.1 Å². The van der Waals surface area contributed by atoms with E-state index in [1.165, 1.54) is 64.9 Å². The Morgan fingerprint density at radius 3 is 2.02 bits per heavy atom. The molecule has 264 valence electrons. The fourth-order valence-electron chi connectivity index (χ4n) is 3.79. The number of nitrogens with two attached hydrogens (primary N) is 1. The van der Waals surface area contributed by atoms with E-state index >= 15 is 0 Å². The molecule has 0 aliphatic heterocycles. The number of hydrazine groups is 1. The Hall–Kier alpha value is -4.94. The maximum Gasteiger partial charge on any atom is 0.416 e. The summed E-state index contributed by atoms with van der Waals surface area (Å²) in [5, 5.41) is 5.45. The van der Waals surface area contributed by atoms with Gasteiger partial charge < -0.3 is 10.3 Å². The van der Waals surface area contributed by atoms with Crippen molar-refractivity contribution in [2.75, 3.05) is 32.0 Å². The molecule has 0 aliphatic rings. The molecular weight excluding hydrogens is 705 g/mol. The van der Waals surface area contributed by atoms with E-state index in [4.69, 9.17) is 5.84 Å². The molecule has 0 aliphatic carbocycles. The molecule has 0 bridgehead atoms. The van der Waals surface area contributed by atoms with Crippen molar-refractivity contribution in [3.8, 4) is 17.1 Å². The first kappa shape index (κ1) is 39.5. The van der Waals surface area contributed by atoms with Gasteiger partial charge in [-0.05, 0) is 42.8 Å². The molecule has 5 aromatic rings. The van der Waals surface area contributed by atoms with Crippen LogP contribution in [0.25, 0.3) is 17.1 Å².